The molecule has 0 unspecified atom stereocenters. The predicted molar refractivity (Wildman–Crippen MR) is 24.2 cm³/mol. The molecule has 1 aliphatic rings. The van der Waals surface area contributed by atoms with Crippen molar-refractivity contribution < 1.29 is 0 Å². The van der Waals surface area contributed by atoms with Gasteiger partial charge in [0.05, 0.1) is 0 Å². The Morgan fingerprint density at radius 2 is 2.40 bits per heavy atom. The van der Waals surface area contributed by atoms with Gasteiger partial charge in [-0.3, -0.25) is 0 Å². The van der Waals surface area contributed by atoms with Gasteiger partial charge in [0, 0.05) is 0 Å². The topological polar surface area (TPSA) is 23.9 Å². The Balaban J connectivity index is 2.71. The SMILES string of the molecule is N=[C]1C[CH]=[Bi]1. The summed E-state index contributed by atoms with van der Waals surface area (Å²) in [4.78, 5) is 0. The van der Waals surface area contributed by atoms with Crippen LogP contribution >= 0.6 is 0 Å². The van der Waals surface area contributed by atoms with E-state index in [0.29, 0.717) is 0 Å². The van der Waals surface area contributed by atoms with E-state index in [1.165, 1.54) is 0 Å². The summed E-state index contributed by atoms with van der Waals surface area (Å²) in [6, 6.07) is 0. The maximum absolute atomic E-state index is 6.88. The van der Waals surface area contributed by atoms with E-state index < -0.39 is 0 Å². The number of rotatable bonds is 0. The van der Waals surface area contributed by atoms with E-state index in [0.717, 1.165) is 9.84 Å². The van der Waals surface area contributed by atoms with E-state index in [4.69, 9.17) is 5.41 Å². The molecule has 0 aromatic rings. The van der Waals surface area contributed by atoms with Gasteiger partial charge in [-0.2, -0.15) is 0 Å². The first kappa shape index (κ1) is 3.61. The Hall–Kier alpha value is 0.423. The van der Waals surface area contributed by atoms with Gasteiger partial charge < -0.3 is 0 Å². The normalized spacial score (nSPS) is 18.8. The summed E-state index contributed by atoms with van der Waals surface area (Å²) in [5.41, 5.74) is 0. The standard InChI is InChI=1S/C3H4N.Bi/c1-2-3-4;/h1,4H,2H2;. The average Bonchev–Trinajstić information content (AvgIpc) is 1.30. The molecule has 0 atom stereocenters. The van der Waals surface area contributed by atoms with Crippen molar-refractivity contribution in [3.8, 4) is 0 Å². The molecule has 1 N–H and O–H groups in total. The number of nitrogens with one attached hydrogen (secondary N) is 1. The van der Waals surface area contributed by atoms with Gasteiger partial charge in [-0.1, -0.05) is 0 Å². The first-order valence-electron chi connectivity index (χ1n) is 1.49. The van der Waals surface area contributed by atoms with E-state index >= 15 is 0 Å². The van der Waals surface area contributed by atoms with E-state index in [1.807, 2.05) is 0 Å². The van der Waals surface area contributed by atoms with E-state index in [9.17, 15) is 0 Å². The van der Waals surface area contributed by atoms with E-state index in [-0.39, 0.29) is 22.8 Å². The van der Waals surface area contributed by atoms with Gasteiger partial charge >= 0.3 is 41.7 Å². The summed E-state index contributed by atoms with van der Waals surface area (Å²) < 4.78 is 3.34. The molecule has 1 heterocycles. The monoisotopic (exact) mass is 263 g/mol. The van der Waals surface area contributed by atoms with Gasteiger partial charge in [0.1, 0.15) is 0 Å². The molecule has 0 saturated carbocycles. The molecule has 1 nitrogen and oxygen atoms in total. The van der Waals surface area contributed by atoms with Gasteiger partial charge in [0.25, 0.3) is 0 Å². The molecular formula is C3H4BiN. The van der Waals surface area contributed by atoms with Crippen molar-refractivity contribution in [2.75, 3.05) is 0 Å². The van der Waals surface area contributed by atoms with Crippen LogP contribution < -0.4 is 0 Å². The molecule has 0 spiro atoms. The zero-order valence-electron chi connectivity index (χ0n) is 2.73. The molecule has 0 bridgehead atoms. The van der Waals surface area contributed by atoms with Crippen LogP contribution in [0, 0.1) is 5.41 Å². The van der Waals surface area contributed by atoms with Gasteiger partial charge in [0.2, 0.25) is 0 Å². The maximum atomic E-state index is 6.88. The van der Waals surface area contributed by atoms with Crippen molar-refractivity contribution in [3.63, 3.8) is 0 Å². The quantitative estimate of drug-likeness (QED) is 0.589. The van der Waals surface area contributed by atoms with Crippen LogP contribution in [0.25, 0.3) is 0 Å². The predicted octanol–water partition coefficient (Wildman–Crippen LogP) is -0.126. The molecular weight excluding hydrogens is 259 g/mol. The average molecular weight is 263 g/mol. The third-order valence-electron chi connectivity index (χ3n) is 0.532. The molecule has 2 heteroatoms. The molecule has 0 saturated heterocycles. The first-order valence-corrected chi connectivity index (χ1v) is 5.24. The summed E-state index contributed by atoms with van der Waals surface area (Å²) in [7, 11) is 0. The summed E-state index contributed by atoms with van der Waals surface area (Å²) in [6.07, 6.45) is 1.02. The van der Waals surface area contributed by atoms with Crippen LogP contribution in [0.2, 0.25) is 0 Å². The molecule has 5 heavy (non-hydrogen) atoms. The van der Waals surface area contributed by atoms with Gasteiger partial charge in [-0.25, -0.2) is 0 Å². The van der Waals surface area contributed by atoms with Crippen LogP contribution in [0.4, 0.5) is 0 Å². The minimum atomic E-state index is -0.299. The fourth-order valence-corrected chi connectivity index (χ4v) is 1.60. The third kappa shape index (κ3) is 0.629. The Morgan fingerprint density at radius 1 is 2.00 bits per heavy atom. The van der Waals surface area contributed by atoms with Crippen LogP contribution in [-0.4, -0.2) is 29.9 Å². The Labute approximate surface area is 41.9 Å². The second kappa shape index (κ2) is 1.26. The van der Waals surface area contributed by atoms with Gasteiger partial charge in [-0.05, 0) is 0 Å². The van der Waals surface area contributed by atoms with E-state index in [2.05, 4.69) is 3.71 Å². The van der Waals surface area contributed by atoms with Gasteiger partial charge in [0.15, 0.2) is 0 Å². The molecule has 0 fully saturated rings. The second-order valence-electron chi connectivity index (χ2n) is 0.962. The molecule has 0 aliphatic carbocycles. The summed E-state index contributed by atoms with van der Waals surface area (Å²) in [6.45, 7) is 0. The zero-order valence-corrected chi connectivity index (χ0v) is 6.21. The van der Waals surface area contributed by atoms with Crippen molar-refractivity contribution in [1.29, 1.82) is 5.41 Å². The van der Waals surface area contributed by atoms with Crippen molar-refractivity contribution in [2.24, 2.45) is 0 Å². The van der Waals surface area contributed by atoms with Crippen LogP contribution in [-0.2, 0) is 0 Å². The molecule has 0 amide bonds. The van der Waals surface area contributed by atoms with Crippen LogP contribution in [0.15, 0.2) is 0 Å². The molecule has 0 aromatic heterocycles. The van der Waals surface area contributed by atoms with Crippen molar-refractivity contribution in [3.05, 3.63) is 0 Å². The molecule has 0 aromatic carbocycles. The Bertz CT molecular complexity index is 84.9. The van der Waals surface area contributed by atoms with Crippen molar-refractivity contribution in [2.45, 2.75) is 6.42 Å². The second-order valence-corrected chi connectivity index (χ2v) is 5.48. The van der Waals surface area contributed by atoms with Gasteiger partial charge in [-0.15, -0.1) is 0 Å². The fourth-order valence-electron chi connectivity index (χ4n) is 0.183. The van der Waals surface area contributed by atoms with Crippen molar-refractivity contribution in [1.82, 2.24) is 0 Å². The summed E-state index contributed by atoms with van der Waals surface area (Å²) in [5, 5.41) is 6.88. The minimum absolute atomic E-state index is 0.299. The van der Waals surface area contributed by atoms with Crippen LogP contribution in [0.1, 0.15) is 6.42 Å². The zero-order chi connectivity index (χ0) is 3.70. The summed E-state index contributed by atoms with van der Waals surface area (Å²) >= 11 is -0.299. The van der Waals surface area contributed by atoms with Crippen molar-refractivity contribution >= 4 is 29.9 Å². The molecule has 0 radical (unpaired) electrons. The number of hydrogen-bond donors (Lipinski definition) is 1. The Kier molecular flexibility index (Phi) is 0.906. The third-order valence-corrected chi connectivity index (χ3v) is 3.87. The molecule has 1 rings (SSSR count). The van der Waals surface area contributed by atoms with Crippen LogP contribution in [0.3, 0.4) is 0 Å². The van der Waals surface area contributed by atoms with E-state index in [1.54, 1.807) is 0 Å². The Morgan fingerprint density at radius 3 is 2.40 bits per heavy atom. The molecule has 1 aliphatic heterocycles. The fraction of sp³-hybridized carbons (Fsp3) is 0.333. The van der Waals surface area contributed by atoms with Crippen LogP contribution in [0.5, 0.6) is 0 Å². The first-order chi connectivity index (χ1) is 2.39. The summed E-state index contributed by atoms with van der Waals surface area (Å²) in [5.74, 6) is 0. The molecule has 26 valence electrons. The number of hydrogen-bond acceptors (Lipinski definition) is 1.